The van der Waals surface area contributed by atoms with Gasteiger partial charge in [0.05, 0.1) is 7.11 Å². The maximum atomic E-state index is 13.0. The summed E-state index contributed by atoms with van der Waals surface area (Å²) in [5, 5.41) is 4.13. The summed E-state index contributed by atoms with van der Waals surface area (Å²) < 4.78 is 44.1. The van der Waals surface area contributed by atoms with Crippen molar-refractivity contribution in [2.45, 2.75) is 12.2 Å². The van der Waals surface area contributed by atoms with Gasteiger partial charge in [0.25, 0.3) is 0 Å². The average molecular weight is 287 g/mol. The Balaban J connectivity index is 2.21. The highest BCUT2D eigenvalue weighted by Crippen LogP contribution is 2.37. The van der Waals surface area contributed by atoms with Crippen LogP contribution in [0.1, 0.15) is 10.9 Å². The largest absolute Gasteiger partial charge is 0.497 e. The Kier molecular flexibility index (Phi) is 3.99. The number of rotatable bonds is 4. The molecule has 0 spiro atoms. The fourth-order valence-electron chi connectivity index (χ4n) is 1.62. The normalized spacial score (nSPS) is 13.1. The molecule has 1 atom stereocenters. The van der Waals surface area contributed by atoms with Crippen molar-refractivity contribution in [1.29, 1.82) is 0 Å². The van der Waals surface area contributed by atoms with Crippen molar-refractivity contribution in [3.63, 3.8) is 0 Å². The second-order valence-corrected chi connectivity index (χ2v) is 4.84. The van der Waals surface area contributed by atoms with E-state index in [1.807, 2.05) is 0 Å². The van der Waals surface area contributed by atoms with Crippen LogP contribution in [0.5, 0.6) is 5.75 Å². The van der Waals surface area contributed by atoms with Crippen LogP contribution in [0.15, 0.2) is 41.8 Å². The number of hydrogen-bond donors (Lipinski definition) is 1. The van der Waals surface area contributed by atoms with Crippen molar-refractivity contribution < 1.29 is 17.9 Å². The van der Waals surface area contributed by atoms with Gasteiger partial charge in [0, 0.05) is 10.6 Å². The third kappa shape index (κ3) is 3.41. The quantitative estimate of drug-likeness (QED) is 0.895. The molecule has 102 valence electrons. The van der Waals surface area contributed by atoms with E-state index >= 15 is 0 Å². The van der Waals surface area contributed by atoms with E-state index in [2.05, 4.69) is 5.32 Å². The minimum absolute atomic E-state index is 0.239. The molecule has 2 aromatic rings. The Labute approximate surface area is 112 Å². The number of nitrogens with one attached hydrogen (secondary N) is 1. The van der Waals surface area contributed by atoms with E-state index in [0.29, 0.717) is 11.4 Å². The van der Waals surface area contributed by atoms with E-state index in [1.54, 1.807) is 35.7 Å². The molecule has 0 saturated heterocycles. The molecule has 1 aromatic carbocycles. The minimum Gasteiger partial charge on any atom is -0.497 e. The van der Waals surface area contributed by atoms with Gasteiger partial charge in [-0.1, -0.05) is 6.07 Å². The molecule has 0 saturated carbocycles. The highest BCUT2D eigenvalue weighted by atomic mass is 32.1. The fraction of sp³-hybridized carbons (Fsp3) is 0.231. The Morgan fingerprint density at radius 2 is 1.84 bits per heavy atom. The second-order valence-electron chi connectivity index (χ2n) is 3.86. The monoisotopic (exact) mass is 287 g/mol. The molecule has 0 aliphatic heterocycles. The Hall–Kier alpha value is -1.69. The van der Waals surface area contributed by atoms with Crippen molar-refractivity contribution >= 4 is 17.0 Å². The highest BCUT2D eigenvalue weighted by Gasteiger charge is 2.41. The SMILES string of the molecule is COc1ccc(N[C@@H](c2cccs2)C(F)(F)F)cc1. The van der Waals surface area contributed by atoms with Crippen LogP contribution in [-0.2, 0) is 0 Å². The van der Waals surface area contributed by atoms with Crippen LogP contribution in [0.4, 0.5) is 18.9 Å². The first-order valence-corrected chi connectivity index (χ1v) is 6.39. The van der Waals surface area contributed by atoms with E-state index in [-0.39, 0.29) is 4.88 Å². The molecule has 1 aromatic heterocycles. The molecule has 0 amide bonds. The molecule has 2 rings (SSSR count). The molecule has 19 heavy (non-hydrogen) atoms. The van der Waals surface area contributed by atoms with Gasteiger partial charge in [-0.3, -0.25) is 0 Å². The number of thiophene rings is 1. The minimum atomic E-state index is -4.34. The van der Waals surface area contributed by atoms with Gasteiger partial charge in [-0.25, -0.2) is 0 Å². The predicted molar refractivity (Wildman–Crippen MR) is 69.7 cm³/mol. The van der Waals surface area contributed by atoms with E-state index in [1.165, 1.54) is 13.2 Å². The van der Waals surface area contributed by atoms with Crippen molar-refractivity contribution in [2.75, 3.05) is 12.4 Å². The van der Waals surface area contributed by atoms with E-state index in [0.717, 1.165) is 11.3 Å². The van der Waals surface area contributed by atoms with Crippen LogP contribution in [0, 0.1) is 0 Å². The third-order valence-electron chi connectivity index (χ3n) is 2.56. The van der Waals surface area contributed by atoms with Crippen LogP contribution in [-0.4, -0.2) is 13.3 Å². The summed E-state index contributed by atoms with van der Waals surface area (Å²) in [6.07, 6.45) is -4.34. The first-order chi connectivity index (χ1) is 9.00. The van der Waals surface area contributed by atoms with Crippen molar-refractivity contribution in [3.8, 4) is 5.75 Å². The van der Waals surface area contributed by atoms with Crippen LogP contribution in [0.3, 0.4) is 0 Å². The Morgan fingerprint density at radius 1 is 1.16 bits per heavy atom. The van der Waals surface area contributed by atoms with Gasteiger partial charge < -0.3 is 10.1 Å². The van der Waals surface area contributed by atoms with Crippen LogP contribution < -0.4 is 10.1 Å². The summed E-state index contributed by atoms with van der Waals surface area (Å²) >= 11 is 1.08. The second kappa shape index (κ2) is 5.52. The highest BCUT2D eigenvalue weighted by molar-refractivity contribution is 7.10. The van der Waals surface area contributed by atoms with Gasteiger partial charge in [-0.15, -0.1) is 11.3 Å². The lowest BCUT2D eigenvalue weighted by Crippen LogP contribution is -2.27. The summed E-state index contributed by atoms with van der Waals surface area (Å²) in [4.78, 5) is 0.239. The molecule has 1 heterocycles. The number of ether oxygens (including phenoxy) is 1. The van der Waals surface area contributed by atoms with Gasteiger partial charge >= 0.3 is 6.18 Å². The number of methoxy groups -OCH3 is 1. The molecule has 0 unspecified atom stereocenters. The first kappa shape index (κ1) is 13.7. The van der Waals surface area contributed by atoms with Crippen LogP contribution >= 0.6 is 11.3 Å². The third-order valence-corrected chi connectivity index (χ3v) is 3.49. The fourth-order valence-corrected chi connectivity index (χ4v) is 2.42. The Morgan fingerprint density at radius 3 is 2.32 bits per heavy atom. The molecular formula is C13H12F3NOS. The van der Waals surface area contributed by atoms with Gasteiger partial charge in [0.15, 0.2) is 6.04 Å². The molecule has 1 N–H and O–H groups in total. The summed E-state index contributed by atoms with van der Waals surface area (Å²) in [5.41, 5.74) is 0.400. The van der Waals surface area contributed by atoms with Gasteiger partial charge in [-0.2, -0.15) is 13.2 Å². The maximum absolute atomic E-state index is 13.0. The zero-order chi connectivity index (χ0) is 13.9. The van der Waals surface area contributed by atoms with Gasteiger partial charge in [0.1, 0.15) is 5.75 Å². The molecule has 0 bridgehead atoms. The van der Waals surface area contributed by atoms with E-state index in [4.69, 9.17) is 4.74 Å². The number of alkyl halides is 3. The summed E-state index contributed by atoms with van der Waals surface area (Å²) in [5.74, 6) is 0.602. The smallest absolute Gasteiger partial charge is 0.413 e. The zero-order valence-electron chi connectivity index (χ0n) is 10.1. The Bertz CT molecular complexity index is 508. The van der Waals surface area contributed by atoms with Crippen LogP contribution in [0.2, 0.25) is 0 Å². The summed E-state index contributed by atoms with van der Waals surface area (Å²) in [6.45, 7) is 0. The molecule has 0 radical (unpaired) electrons. The average Bonchev–Trinajstić information content (AvgIpc) is 2.88. The molecule has 2 nitrogen and oxygen atoms in total. The molecular weight excluding hydrogens is 275 g/mol. The van der Waals surface area contributed by atoms with Crippen LogP contribution in [0.25, 0.3) is 0 Å². The topological polar surface area (TPSA) is 21.3 Å². The van der Waals surface area contributed by atoms with E-state index in [9.17, 15) is 13.2 Å². The number of hydrogen-bond acceptors (Lipinski definition) is 3. The number of anilines is 1. The molecule has 6 heteroatoms. The lowest BCUT2D eigenvalue weighted by atomic mass is 10.2. The summed E-state index contributed by atoms with van der Waals surface area (Å²) in [6, 6.07) is 7.74. The summed E-state index contributed by atoms with van der Waals surface area (Å²) in [7, 11) is 1.51. The predicted octanol–water partition coefficient (Wildman–Crippen LogP) is 4.47. The first-order valence-electron chi connectivity index (χ1n) is 5.51. The standard InChI is InChI=1S/C13H12F3NOS/c1-18-10-6-4-9(5-7-10)17-12(13(14,15)16)11-3-2-8-19-11/h2-8,12,17H,1H3/t12-/m0/s1. The van der Waals surface area contributed by atoms with Gasteiger partial charge in [0.2, 0.25) is 0 Å². The van der Waals surface area contributed by atoms with Crippen molar-refractivity contribution in [2.24, 2.45) is 0 Å². The number of benzene rings is 1. The van der Waals surface area contributed by atoms with Crippen molar-refractivity contribution in [3.05, 3.63) is 46.7 Å². The molecule has 0 fully saturated rings. The zero-order valence-corrected chi connectivity index (χ0v) is 10.9. The molecule has 0 aliphatic rings. The van der Waals surface area contributed by atoms with E-state index < -0.39 is 12.2 Å². The van der Waals surface area contributed by atoms with Gasteiger partial charge in [-0.05, 0) is 35.7 Å². The molecule has 0 aliphatic carbocycles. The maximum Gasteiger partial charge on any atom is 0.413 e. The van der Waals surface area contributed by atoms with Crippen molar-refractivity contribution in [1.82, 2.24) is 0 Å². The number of halogens is 3. The lowest BCUT2D eigenvalue weighted by molar-refractivity contribution is -0.143. The lowest BCUT2D eigenvalue weighted by Gasteiger charge is -2.21.